The van der Waals surface area contributed by atoms with E-state index in [2.05, 4.69) is 5.32 Å². The van der Waals surface area contributed by atoms with Gasteiger partial charge in [0, 0.05) is 11.7 Å². The summed E-state index contributed by atoms with van der Waals surface area (Å²) in [4.78, 5) is 12.0. The van der Waals surface area contributed by atoms with Crippen molar-refractivity contribution in [3.05, 3.63) is 23.2 Å². The molecule has 0 aromatic heterocycles. The summed E-state index contributed by atoms with van der Waals surface area (Å²) >= 11 is 6.05. The summed E-state index contributed by atoms with van der Waals surface area (Å²) in [6.07, 6.45) is 0. The molecule has 1 fully saturated rings. The van der Waals surface area contributed by atoms with Gasteiger partial charge in [0.15, 0.2) is 0 Å². The van der Waals surface area contributed by atoms with Gasteiger partial charge in [0.05, 0.1) is 30.8 Å². The summed E-state index contributed by atoms with van der Waals surface area (Å²) < 4.78 is 10.5. The maximum Gasteiger partial charge on any atom is 0.231 e. The Balaban J connectivity index is 2.03. The number of anilines is 1. The number of rotatable bonds is 4. The summed E-state index contributed by atoms with van der Waals surface area (Å²) in [7, 11) is 0. The molecule has 0 spiro atoms. The molecule has 2 rings (SSSR count). The lowest BCUT2D eigenvalue weighted by Gasteiger charge is -2.14. The van der Waals surface area contributed by atoms with E-state index >= 15 is 0 Å². The number of benzene rings is 1. The quantitative estimate of drug-likeness (QED) is 0.882. The lowest BCUT2D eigenvalue weighted by molar-refractivity contribution is -0.120. The number of amides is 1. The van der Waals surface area contributed by atoms with Crippen LogP contribution in [0, 0.1) is 5.92 Å². The molecule has 1 aromatic rings. The van der Waals surface area contributed by atoms with Gasteiger partial charge in [0.1, 0.15) is 5.75 Å². The summed E-state index contributed by atoms with van der Waals surface area (Å²) in [6.45, 7) is 3.20. The molecule has 1 amide bonds. The zero-order valence-corrected chi connectivity index (χ0v) is 11.4. The van der Waals surface area contributed by atoms with Crippen LogP contribution in [0.3, 0.4) is 0 Å². The topological polar surface area (TPSA) is 73.6 Å². The lowest BCUT2D eigenvalue weighted by atomic mass is 10.0. The number of hydrogen-bond donors (Lipinski definition) is 2. The maximum atomic E-state index is 12.0. The zero-order valence-electron chi connectivity index (χ0n) is 10.7. The standard InChI is InChI=1S/C13H17ClN2O3/c1-2-19-12-4-3-8(5-10(12)14)16-13(17)9-6-18-7-11(9)15/h3-5,9,11H,2,6-7,15H2,1H3,(H,16,17). The molecule has 104 valence electrons. The van der Waals surface area contributed by atoms with Crippen molar-refractivity contribution >= 4 is 23.2 Å². The fraction of sp³-hybridized carbons (Fsp3) is 0.462. The molecule has 6 heteroatoms. The first-order valence-corrected chi connectivity index (χ1v) is 6.56. The van der Waals surface area contributed by atoms with Crippen LogP contribution in [-0.4, -0.2) is 31.8 Å². The molecule has 0 bridgehead atoms. The molecule has 19 heavy (non-hydrogen) atoms. The van der Waals surface area contributed by atoms with Crippen LogP contribution >= 0.6 is 11.6 Å². The van der Waals surface area contributed by atoms with E-state index in [0.29, 0.717) is 36.3 Å². The van der Waals surface area contributed by atoms with Crippen LogP contribution in [0.15, 0.2) is 18.2 Å². The van der Waals surface area contributed by atoms with E-state index in [4.69, 9.17) is 26.8 Å². The molecule has 0 aliphatic carbocycles. The second-order valence-electron chi connectivity index (χ2n) is 4.38. The highest BCUT2D eigenvalue weighted by molar-refractivity contribution is 6.32. The van der Waals surface area contributed by atoms with Gasteiger partial charge in [-0.05, 0) is 25.1 Å². The molecule has 5 nitrogen and oxygen atoms in total. The Hall–Kier alpha value is -1.30. The third-order valence-electron chi connectivity index (χ3n) is 2.96. The van der Waals surface area contributed by atoms with Gasteiger partial charge in [-0.25, -0.2) is 0 Å². The van der Waals surface area contributed by atoms with Gasteiger partial charge in [0.25, 0.3) is 0 Å². The Labute approximate surface area is 117 Å². The van der Waals surface area contributed by atoms with E-state index in [1.165, 1.54) is 0 Å². The lowest BCUT2D eigenvalue weighted by Crippen LogP contribution is -2.37. The van der Waals surface area contributed by atoms with Crippen LogP contribution in [0.5, 0.6) is 5.75 Å². The molecule has 3 N–H and O–H groups in total. The molecule has 1 aromatic carbocycles. The van der Waals surface area contributed by atoms with E-state index in [1.807, 2.05) is 6.92 Å². The number of nitrogens with two attached hydrogens (primary N) is 1. The Morgan fingerprint density at radius 1 is 1.58 bits per heavy atom. The summed E-state index contributed by atoms with van der Waals surface area (Å²) in [5, 5.41) is 3.25. The minimum absolute atomic E-state index is 0.148. The van der Waals surface area contributed by atoms with E-state index in [9.17, 15) is 4.79 Å². The van der Waals surface area contributed by atoms with Crippen LogP contribution in [-0.2, 0) is 9.53 Å². The highest BCUT2D eigenvalue weighted by Crippen LogP contribution is 2.28. The number of carbonyl (C=O) groups is 1. The maximum absolute atomic E-state index is 12.0. The average Bonchev–Trinajstić information content (AvgIpc) is 2.79. The van der Waals surface area contributed by atoms with Crippen LogP contribution in [0.1, 0.15) is 6.92 Å². The molecule has 1 aliphatic rings. The molecule has 2 atom stereocenters. The van der Waals surface area contributed by atoms with Gasteiger partial charge >= 0.3 is 0 Å². The van der Waals surface area contributed by atoms with Gasteiger partial charge < -0.3 is 20.5 Å². The van der Waals surface area contributed by atoms with Gasteiger partial charge in [-0.2, -0.15) is 0 Å². The van der Waals surface area contributed by atoms with Crippen LogP contribution < -0.4 is 15.8 Å². The third-order valence-corrected chi connectivity index (χ3v) is 3.26. The monoisotopic (exact) mass is 284 g/mol. The van der Waals surface area contributed by atoms with Gasteiger partial charge in [0.2, 0.25) is 5.91 Å². The summed E-state index contributed by atoms with van der Waals surface area (Å²) in [6, 6.07) is 4.88. The second kappa shape index (κ2) is 6.23. The number of hydrogen-bond acceptors (Lipinski definition) is 4. The van der Waals surface area contributed by atoms with Crippen LogP contribution in [0.25, 0.3) is 0 Å². The largest absolute Gasteiger partial charge is 0.492 e. The minimum Gasteiger partial charge on any atom is -0.492 e. The van der Waals surface area contributed by atoms with Gasteiger partial charge in [-0.15, -0.1) is 0 Å². The number of nitrogens with one attached hydrogen (secondary N) is 1. The number of ether oxygens (including phenoxy) is 2. The van der Waals surface area contributed by atoms with Crippen molar-refractivity contribution in [2.75, 3.05) is 25.1 Å². The average molecular weight is 285 g/mol. The molecule has 1 heterocycles. The highest BCUT2D eigenvalue weighted by Gasteiger charge is 2.31. The van der Waals surface area contributed by atoms with Crippen molar-refractivity contribution in [1.82, 2.24) is 0 Å². The number of carbonyl (C=O) groups excluding carboxylic acids is 1. The minimum atomic E-state index is -0.314. The van der Waals surface area contributed by atoms with Crippen molar-refractivity contribution in [2.45, 2.75) is 13.0 Å². The van der Waals surface area contributed by atoms with Crippen molar-refractivity contribution in [2.24, 2.45) is 11.7 Å². The molecule has 0 saturated carbocycles. The zero-order chi connectivity index (χ0) is 13.8. The molecular formula is C13H17ClN2O3. The van der Waals surface area contributed by atoms with E-state index in [0.717, 1.165) is 0 Å². The summed E-state index contributed by atoms with van der Waals surface area (Å²) in [5.74, 6) is 0.138. The van der Waals surface area contributed by atoms with Crippen LogP contribution in [0.4, 0.5) is 5.69 Å². The molecular weight excluding hydrogens is 268 g/mol. The SMILES string of the molecule is CCOc1ccc(NC(=O)C2COCC2N)cc1Cl. The second-order valence-corrected chi connectivity index (χ2v) is 4.78. The van der Waals surface area contributed by atoms with E-state index in [1.54, 1.807) is 18.2 Å². The first-order valence-electron chi connectivity index (χ1n) is 6.18. The first kappa shape index (κ1) is 14.1. The Morgan fingerprint density at radius 2 is 2.37 bits per heavy atom. The fourth-order valence-electron chi connectivity index (χ4n) is 1.93. The first-order chi connectivity index (χ1) is 9.11. The molecule has 1 aliphatic heterocycles. The van der Waals surface area contributed by atoms with E-state index in [-0.39, 0.29) is 17.9 Å². The smallest absolute Gasteiger partial charge is 0.231 e. The van der Waals surface area contributed by atoms with Crippen molar-refractivity contribution < 1.29 is 14.3 Å². The van der Waals surface area contributed by atoms with E-state index < -0.39 is 0 Å². The Kier molecular flexibility index (Phi) is 4.63. The molecule has 2 unspecified atom stereocenters. The van der Waals surface area contributed by atoms with Gasteiger partial charge in [-0.3, -0.25) is 4.79 Å². The fourth-order valence-corrected chi connectivity index (χ4v) is 2.16. The highest BCUT2D eigenvalue weighted by atomic mass is 35.5. The predicted molar refractivity (Wildman–Crippen MR) is 73.5 cm³/mol. The van der Waals surface area contributed by atoms with Crippen molar-refractivity contribution in [3.8, 4) is 5.75 Å². The van der Waals surface area contributed by atoms with Gasteiger partial charge in [-0.1, -0.05) is 11.6 Å². The molecule has 1 saturated heterocycles. The Morgan fingerprint density at radius 3 is 2.95 bits per heavy atom. The van der Waals surface area contributed by atoms with Crippen molar-refractivity contribution in [1.29, 1.82) is 0 Å². The summed E-state index contributed by atoms with van der Waals surface area (Å²) in [5.41, 5.74) is 6.42. The number of halogens is 1. The predicted octanol–water partition coefficient (Wildman–Crippen LogP) is 1.65. The third kappa shape index (κ3) is 3.37. The Bertz CT molecular complexity index is 467. The van der Waals surface area contributed by atoms with Crippen LogP contribution in [0.2, 0.25) is 5.02 Å². The van der Waals surface area contributed by atoms with Crippen molar-refractivity contribution in [3.63, 3.8) is 0 Å². The molecule has 0 radical (unpaired) electrons. The normalized spacial score (nSPS) is 22.3.